The molecule has 1 aromatic carbocycles. The van der Waals surface area contributed by atoms with Crippen LogP contribution in [0.1, 0.15) is 25.5 Å². The Labute approximate surface area is 129 Å². The number of hydrogen-bond acceptors (Lipinski definition) is 4. The minimum atomic E-state index is -2.89. The minimum Gasteiger partial charge on any atom is -0.310 e. The van der Waals surface area contributed by atoms with Gasteiger partial charge in [-0.25, -0.2) is 8.42 Å². The van der Waals surface area contributed by atoms with E-state index in [2.05, 4.69) is 48.3 Å². The van der Waals surface area contributed by atoms with Crippen LogP contribution in [0.15, 0.2) is 30.3 Å². The molecular formula is C16H28N2O2S. The monoisotopic (exact) mass is 312 g/mol. The van der Waals surface area contributed by atoms with Crippen molar-refractivity contribution < 1.29 is 8.42 Å². The molecule has 120 valence electrons. The molecular weight excluding hydrogens is 284 g/mol. The Morgan fingerprint density at radius 3 is 2.38 bits per heavy atom. The van der Waals surface area contributed by atoms with Crippen molar-refractivity contribution in [1.82, 2.24) is 10.2 Å². The normalized spacial score (nSPS) is 15.1. The van der Waals surface area contributed by atoms with Crippen molar-refractivity contribution in [3.63, 3.8) is 0 Å². The highest BCUT2D eigenvalue weighted by Gasteiger charge is 2.19. The maximum absolute atomic E-state index is 11.2. The second kappa shape index (κ2) is 8.51. The second-order valence-electron chi connectivity index (χ2n) is 5.82. The fourth-order valence-electron chi connectivity index (χ4n) is 2.54. The van der Waals surface area contributed by atoms with Crippen molar-refractivity contribution in [3.8, 4) is 0 Å². The van der Waals surface area contributed by atoms with Gasteiger partial charge in [0.25, 0.3) is 0 Å². The van der Waals surface area contributed by atoms with E-state index in [0.29, 0.717) is 12.5 Å². The van der Waals surface area contributed by atoms with Gasteiger partial charge >= 0.3 is 0 Å². The van der Waals surface area contributed by atoms with Crippen LogP contribution < -0.4 is 5.32 Å². The van der Waals surface area contributed by atoms with Crippen LogP contribution in [0.4, 0.5) is 0 Å². The molecule has 5 heteroatoms. The highest BCUT2D eigenvalue weighted by Crippen LogP contribution is 2.22. The first kappa shape index (κ1) is 18.1. The largest absolute Gasteiger partial charge is 0.310 e. The SMILES string of the molecule is CCNC(c1ccccc1)C(C)CN(C)CCS(C)(=O)=O. The van der Waals surface area contributed by atoms with Crippen LogP contribution in [-0.2, 0) is 9.84 Å². The molecule has 4 nitrogen and oxygen atoms in total. The Morgan fingerprint density at radius 2 is 1.86 bits per heavy atom. The molecule has 0 aliphatic heterocycles. The summed E-state index contributed by atoms with van der Waals surface area (Å²) in [5, 5.41) is 3.53. The van der Waals surface area contributed by atoms with E-state index in [9.17, 15) is 8.42 Å². The molecule has 0 fully saturated rings. The zero-order valence-electron chi connectivity index (χ0n) is 13.5. The number of nitrogens with one attached hydrogen (secondary N) is 1. The van der Waals surface area contributed by atoms with Gasteiger partial charge in [0.2, 0.25) is 0 Å². The van der Waals surface area contributed by atoms with Gasteiger partial charge in [-0.1, -0.05) is 44.2 Å². The van der Waals surface area contributed by atoms with E-state index >= 15 is 0 Å². The molecule has 1 N–H and O–H groups in total. The number of rotatable bonds is 9. The third-order valence-corrected chi connectivity index (χ3v) is 4.52. The fraction of sp³-hybridized carbons (Fsp3) is 0.625. The summed E-state index contributed by atoms with van der Waals surface area (Å²) in [5.41, 5.74) is 1.28. The van der Waals surface area contributed by atoms with Gasteiger partial charge in [0.1, 0.15) is 9.84 Å². The van der Waals surface area contributed by atoms with Gasteiger partial charge in [0.15, 0.2) is 0 Å². The first-order valence-electron chi connectivity index (χ1n) is 7.48. The van der Waals surface area contributed by atoms with Gasteiger partial charge in [0, 0.05) is 25.4 Å². The number of sulfone groups is 1. The van der Waals surface area contributed by atoms with Crippen LogP contribution in [0, 0.1) is 5.92 Å². The van der Waals surface area contributed by atoms with Crippen LogP contribution >= 0.6 is 0 Å². The standard InChI is InChI=1S/C16H28N2O2S/c1-5-17-16(15-9-7-6-8-10-15)14(2)13-18(3)11-12-21(4,19)20/h6-10,14,16-17H,5,11-13H2,1-4H3. The summed E-state index contributed by atoms with van der Waals surface area (Å²) in [4.78, 5) is 2.10. The first-order chi connectivity index (χ1) is 9.83. The van der Waals surface area contributed by atoms with Crippen LogP contribution in [0.2, 0.25) is 0 Å². The third-order valence-electron chi connectivity index (χ3n) is 3.60. The lowest BCUT2D eigenvalue weighted by atomic mass is 9.94. The average Bonchev–Trinajstić information content (AvgIpc) is 2.42. The maximum Gasteiger partial charge on any atom is 0.148 e. The van der Waals surface area contributed by atoms with E-state index in [0.717, 1.165) is 13.1 Å². The quantitative estimate of drug-likeness (QED) is 0.757. The summed E-state index contributed by atoms with van der Waals surface area (Å²) in [6.45, 7) is 6.67. The molecule has 1 rings (SSSR count). The van der Waals surface area contributed by atoms with Crippen molar-refractivity contribution in [1.29, 1.82) is 0 Å². The average molecular weight is 312 g/mol. The van der Waals surface area contributed by atoms with Crippen LogP contribution in [-0.4, -0.2) is 52.0 Å². The zero-order valence-corrected chi connectivity index (χ0v) is 14.4. The minimum absolute atomic E-state index is 0.216. The van der Waals surface area contributed by atoms with Gasteiger partial charge in [-0.3, -0.25) is 0 Å². The predicted molar refractivity (Wildman–Crippen MR) is 89.2 cm³/mol. The Bertz CT molecular complexity index is 502. The summed E-state index contributed by atoms with van der Waals surface area (Å²) >= 11 is 0. The lowest BCUT2D eigenvalue weighted by Gasteiger charge is -2.29. The number of hydrogen-bond donors (Lipinski definition) is 1. The molecule has 0 saturated heterocycles. The van der Waals surface area contributed by atoms with Crippen molar-refractivity contribution in [3.05, 3.63) is 35.9 Å². The van der Waals surface area contributed by atoms with Crippen molar-refractivity contribution >= 4 is 9.84 Å². The molecule has 0 heterocycles. The Morgan fingerprint density at radius 1 is 1.24 bits per heavy atom. The van der Waals surface area contributed by atoms with E-state index in [-0.39, 0.29) is 11.8 Å². The molecule has 0 saturated carbocycles. The fourth-order valence-corrected chi connectivity index (χ4v) is 3.18. The maximum atomic E-state index is 11.2. The van der Waals surface area contributed by atoms with Crippen LogP contribution in [0.3, 0.4) is 0 Å². The van der Waals surface area contributed by atoms with Gasteiger partial charge in [0.05, 0.1) is 5.75 Å². The molecule has 1 aromatic rings. The molecule has 0 aromatic heterocycles. The summed E-state index contributed by atoms with van der Waals surface area (Å²) in [5.74, 6) is 0.616. The molecule has 0 aliphatic rings. The summed E-state index contributed by atoms with van der Waals surface area (Å²) in [6, 6.07) is 10.7. The molecule has 0 bridgehead atoms. The van der Waals surface area contributed by atoms with Crippen molar-refractivity contribution in [2.24, 2.45) is 5.92 Å². The summed E-state index contributed by atoms with van der Waals surface area (Å²) in [6.07, 6.45) is 1.29. The van der Waals surface area contributed by atoms with E-state index in [1.165, 1.54) is 11.8 Å². The van der Waals surface area contributed by atoms with E-state index in [4.69, 9.17) is 0 Å². The van der Waals surface area contributed by atoms with Crippen molar-refractivity contribution in [2.75, 3.05) is 38.7 Å². The molecule has 2 atom stereocenters. The highest BCUT2D eigenvalue weighted by molar-refractivity contribution is 7.90. The predicted octanol–water partition coefficient (Wildman–Crippen LogP) is 1.95. The Hall–Kier alpha value is -0.910. The number of benzene rings is 1. The Balaban J connectivity index is 2.63. The lowest BCUT2D eigenvalue weighted by Crippen LogP contribution is -2.36. The van der Waals surface area contributed by atoms with Crippen LogP contribution in [0.25, 0.3) is 0 Å². The summed E-state index contributed by atoms with van der Waals surface area (Å²) in [7, 11) is -0.913. The van der Waals surface area contributed by atoms with E-state index in [1.807, 2.05) is 13.1 Å². The first-order valence-corrected chi connectivity index (χ1v) is 9.54. The smallest absolute Gasteiger partial charge is 0.148 e. The molecule has 0 radical (unpaired) electrons. The van der Waals surface area contributed by atoms with Gasteiger partial charge < -0.3 is 10.2 Å². The van der Waals surface area contributed by atoms with Gasteiger partial charge in [-0.05, 0) is 25.1 Å². The zero-order chi connectivity index (χ0) is 15.9. The van der Waals surface area contributed by atoms with E-state index in [1.54, 1.807) is 0 Å². The van der Waals surface area contributed by atoms with Gasteiger partial charge in [-0.15, -0.1) is 0 Å². The lowest BCUT2D eigenvalue weighted by molar-refractivity contribution is 0.257. The molecule has 0 aliphatic carbocycles. The van der Waals surface area contributed by atoms with E-state index < -0.39 is 9.84 Å². The topological polar surface area (TPSA) is 49.4 Å². The molecule has 0 amide bonds. The second-order valence-corrected chi connectivity index (χ2v) is 8.08. The Kier molecular flexibility index (Phi) is 7.35. The van der Waals surface area contributed by atoms with Crippen molar-refractivity contribution in [2.45, 2.75) is 19.9 Å². The highest BCUT2D eigenvalue weighted by atomic mass is 32.2. The molecule has 0 spiro atoms. The summed E-state index contributed by atoms with van der Waals surface area (Å²) < 4.78 is 22.5. The van der Waals surface area contributed by atoms with Crippen LogP contribution in [0.5, 0.6) is 0 Å². The van der Waals surface area contributed by atoms with Gasteiger partial charge in [-0.2, -0.15) is 0 Å². The third kappa shape index (κ3) is 7.07. The molecule has 2 unspecified atom stereocenters. The number of nitrogens with zero attached hydrogens (tertiary/aromatic N) is 1. The molecule has 21 heavy (non-hydrogen) atoms.